The molecule has 0 fully saturated rings. The van der Waals surface area contributed by atoms with Gasteiger partial charge in [-0.15, -0.1) is 0 Å². The Kier molecular flexibility index (Phi) is 7.19. The van der Waals surface area contributed by atoms with Crippen molar-refractivity contribution in [1.82, 2.24) is 10.6 Å². The topological polar surface area (TPSA) is 71.3 Å². The lowest BCUT2D eigenvalue weighted by molar-refractivity contribution is -0.118. The second-order valence-electron chi connectivity index (χ2n) is 6.05. The van der Waals surface area contributed by atoms with E-state index in [4.69, 9.17) is 4.42 Å². The van der Waals surface area contributed by atoms with Crippen LogP contribution < -0.4 is 10.6 Å². The van der Waals surface area contributed by atoms with E-state index in [9.17, 15) is 9.59 Å². The maximum atomic E-state index is 12.7. The van der Waals surface area contributed by atoms with Crippen LogP contribution in [-0.4, -0.2) is 11.8 Å². The molecule has 0 spiro atoms. The molecule has 0 saturated carbocycles. The van der Waals surface area contributed by atoms with Gasteiger partial charge in [0.1, 0.15) is 11.5 Å². The number of furan rings is 1. The minimum atomic E-state index is -0.417. The first-order chi connectivity index (χ1) is 14.1. The zero-order valence-corrected chi connectivity index (χ0v) is 17.1. The van der Waals surface area contributed by atoms with Crippen LogP contribution in [0.5, 0.6) is 0 Å². The Bertz CT molecular complexity index is 1030. The van der Waals surface area contributed by atoms with Gasteiger partial charge < -0.3 is 15.1 Å². The van der Waals surface area contributed by atoms with Gasteiger partial charge in [0.2, 0.25) is 0 Å². The summed E-state index contributed by atoms with van der Waals surface area (Å²) in [4.78, 5) is 25.3. The largest absolute Gasteiger partial charge is 0.467 e. The van der Waals surface area contributed by atoms with Crippen molar-refractivity contribution in [2.45, 2.75) is 6.54 Å². The zero-order valence-electron chi connectivity index (χ0n) is 15.5. The Morgan fingerprint density at radius 1 is 0.966 bits per heavy atom. The lowest BCUT2D eigenvalue weighted by atomic mass is 10.2. The molecule has 29 heavy (non-hydrogen) atoms. The quantitative estimate of drug-likeness (QED) is 0.405. The van der Waals surface area contributed by atoms with Crippen molar-refractivity contribution in [2.75, 3.05) is 0 Å². The maximum absolute atomic E-state index is 12.7. The summed E-state index contributed by atoms with van der Waals surface area (Å²) < 4.78 is 5.87. The summed E-state index contributed by atoms with van der Waals surface area (Å²) in [7, 11) is 0. The van der Waals surface area contributed by atoms with Crippen LogP contribution in [-0.2, 0) is 11.3 Å². The lowest BCUT2D eigenvalue weighted by Gasteiger charge is -2.10. The average Bonchev–Trinajstić information content (AvgIpc) is 3.26. The average molecular weight is 451 g/mol. The predicted octanol–water partition coefficient (Wildman–Crippen LogP) is 4.69. The van der Waals surface area contributed by atoms with E-state index in [2.05, 4.69) is 26.6 Å². The first kappa shape index (κ1) is 20.4. The Balaban J connectivity index is 1.77. The third kappa shape index (κ3) is 6.05. The first-order valence-corrected chi connectivity index (χ1v) is 9.72. The van der Waals surface area contributed by atoms with E-state index in [1.807, 2.05) is 42.5 Å². The zero-order chi connectivity index (χ0) is 20.5. The van der Waals surface area contributed by atoms with E-state index in [-0.39, 0.29) is 18.1 Å². The van der Waals surface area contributed by atoms with E-state index < -0.39 is 5.91 Å². The van der Waals surface area contributed by atoms with Crippen LogP contribution in [0, 0.1) is 0 Å². The minimum Gasteiger partial charge on any atom is -0.467 e. The van der Waals surface area contributed by atoms with E-state index in [0.29, 0.717) is 15.8 Å². The molecular weight excluding hydrogens is 432 g/mol. The highest BCUT2D eigenvalue weighted by molar-refractivity contribution is 9.10. The molecule has 1 heterocycles. The van der Waals surface area contributed by atoms with Gasteiger partial charge in [-0.25, -0.2) is 0 Å². The van der Waals surface area contributed by atoms with Crippen molar-refractivity contribution in [3.63, 3.8) is 0 Å². The number of rotatable bonds is 7. The standard InChI is InChI=1S/C23H19BrN2O3/c24-20-13-5-4-12-19(20)22(27)26-21(14-6-10-17-8-2-1-3-9-17)23(28)25-16-18-11-7-15-29-18/h1-15H,16H2,(H,25,28)(H,26,27)/b10-6+,21-14-. The van der Waals surface area contributed by atoms with Crippen LogP contribution in [0.25, 0.3) is 6.08 Å². The number of carbonyl (C=O) groups excluding carboxylic acids is 2. The van der Waals surface area contributed by atoms with Gasteiger partial charge >= 0.3 is 0 Å². The number of halogens is 1. The molecule has 2 aromatic carbocycles. The molecule has 0 aliphatic heterocycles. The molecule has 1 aromatic heterocycles. The molecule has 6 heteroatoms. The van der Waals surface area contributed by atoms with Gasteiger partial charge in [0, 0.05) is 4.47 Å². The second-order valence-corrected chi connectivity index (χ2v) is 6.90. The molecule has 0 unspecified atom stereocenters. The molecule has 146 valence electrons. The lowest BCUT2D eigenvalue weighted by Crippen LogP contribution is -2.34. The van der Waals surface area contributed by atoms with Crippen LogP contribution in [0.15, 0.2) is 99.7 Å². The fourth-order valence-electron chi connectivity index (χ4n) is 2.50. The summed E-state index contributed by atoms with van der Waals surface area (Å²) in [6.45, 7) is 0.219. The molecule has 0 bridgehead atoms. The molecule has 0 atom stereocenters. The van der Waals surface area contributed by atoms with Gasteiger partial charge in [-0.05, 0) is 51.8 Å². The first-order valence-electron chi connectivity index (χ1n) is 8.93. The van der Waals surface area contributed by atoms with Crippen molar-refractivity contribution in [2.24, 2.45) is 0 Å². The highest BCUT2D eigenvalue weighted by Gasteiger charge is 2.15. The normalized spacial score (nSPS) is 11.4. The molecule has 2 N–H and O–H groups in total. The Morgan fingerprint density at radius 2 is 1.72 bits per heavy atom. The van der Waals surface area contributed by atoms with E-state index in [1.54, 1.807) is 42.5 Å². The summed E-state index contributed by atoms with van der Waals surface area (Å²) in [5.74, 6) is -0.181. The smallest absolute Gasteiger partial charge is 0.268 e. The molecular formula is C23H19BrN2O3. The highest BCUT2D eigenvalue weighted by Crippen LogP contribution is 2.16. The van der Waals surface area contributed by atoms with Crippen molar-refractivity contribution >= 4 is 33.8 Å². The van der Waals surface area contributed by atoms with Gasteiger partial charge in [0.05, 0.1) is 18.4 Å². The van der Waals surface area contributed by atoms with Crippen molar-refractivity contribution < 1.29 is 14.0 Å². The van der Waals surface area contributed by atoms with Gasteiger partial charge in [-0.2, -0.15) is 0 Å². The van der Waals surface area contributed by atoms with E-state index in [1.165, 1.54) is 6.26 Å². The van der Waals surface area contributed by atoms with Crippen molar-refractivity contribution in [3.05, 3.63) is 112 Å². The highest BCUT2D eigenvalue weighted by atomic mass is 79.9. The van der Waals surface area contributed by atoms with Gasteiger partial charge in [0.15, 0.2) is 0 Å². The summed E-state index contributed by atoms with van der Waals surface area (Å²) in [5.41, 5.74) is 1.55. The number of amides is 2. The molecule has 3 aromatic rings. The molecule has 0 radical (unpaired) electrons. The van der Waals surface area contributed by atoms with Gasteiger partial charge in [-0.3, -0.25) is 9.59 Å². The van der Waals surface area contributed by atoms with Crippen molar-refractivity contribution in [1.29, 1.82) is 0 Å². The van der Waals surface area contributed by atoms with Gasteiger partial charge in [0.25, 0.3) is 11.8 Å². The Morgan fingerprint density at radius 3 is 2.45 bits per heavy atom. The number of carbonyl (C=O) groups is 2. The molecule has 0 aliphatic rings. The number of hydrogen-bond acceptors (Lipinski definition) is 3. The third-order valence-electron chi connectivity index (χ3n) is 3.97. The molecule has 5 nitrogen and oxygen atoms in total. The molecule has 0 saturated heterocycles. The number of benzene rings is 2. The van der Waals surface area contributed by atoms with Crippen LogP contribution in [0.2, 0.25) is 0 Å². The molecule has 2 amide bonds. The Labute approximate surface area is 177 Å². The summed E-state index contributed by atoms with van der Waals surface area (Å²) in [6.07, 6.45) is 6.68. The van der Waals surface area contributed by atoms with Crippen LogP contribution >= 0.6 is 15.9 Å². The van der Waals surface area contributed by atoms with Crippen LogP contribution in [0.1, 0.15) is 21.7 Å². The molecule has 0 aliphatic carbocycles. The number of allylic oxidation sites excluding steroid dienone is 2. The Hall–Kier alpha value is -3.38. The third-order valence-corrected chi connectivity index (χ3v) is 4.66. The van der Waals surface area contributed by atoms with E-state index >= 15 is 0 Å². The molecule has 3 rings (SSSR count). The minimum absolute atomic E-state index is 0.129. The van der Waals surface area contributed by atoms with Crippen LogP contribution in [0.4, 0.5) is 0 Å². The van der Waals surface area contributed by atoms with E-state index in [0.717, 1.165) is 5.56 Å². The SMILES string of the molecule is O=C(NCc1ccco1)/C(=C/C=C/c1ccccc1)NC(=O)c1ccccc1Br. The maximum Gasteiger partial charge on any atom is 0.268 e. The number of hydrogen-bond donors (Lipinski definition) is 2. The van der Waals surface area contributed by atoms with Gasteiger partial charge in [-0.1, -0.05) is 54.6 Å². The van der Waals surface area contributed by atoms with Crippen molar-refractivity contribution in [3.8, 4) is 0 Å². The summed E-state index contributed by atoms with van der Waals surface area (Å²) in [5, 5.41) is 5.43. The monoisotopic (exact) mass is 450 g/mol. The van der Waals surface area contributed by atoms with Crippen LogP contribution in [0.3, 0.4) is 0 Å². The fourth-order valence-corrected chi connectivity index (χ4v) is 2.97. The fraction of sp³-hybridized carbons (Fsp3) is 0.0435. The predicted molar refractivity (Wildman–Crippen MR) is 116 cm³/mol. The summed E-state index contributed by atoms with van der Waals surface area (Å²) in [6, 6.07) is 20.2. The summed E-state index contributed by atoms with van der Waals surface area (Å²) >= 11 is 3.36. The second kappa shape index (κ2) is 10.2. The number of nitrogens with one attached hydrogen (secondary N) is 2.